The molecule has 2 amide bonds. The molecule has 3 aromatic heterocycles. The Bertz CT molecular complexity index is 1340. The molecule has 0 spiro atoms. The molecule has 2 bridgehead atoms. The average Bonchev–Trinajstić information content (AvgIpc) is 3.51. The van der Waals surface area contributed by atoms with Gasteiger partial charge in [-0.05, 0) is 49.7 Å². The third-order valence-electron chi connectivity index (χ3n) is 6.19. The van der Waals surface area contributed by atoms with Gasteiger partial charge < -0.3 is 14.6 Å². The molecular weight excluding hydrogens is 416 g/mol. The smallest absolute Gasteiger partial charge is 0.327 e. The molecule has 1 aromatic carbocycles. The van der Waals surface area contributed by atoms with Crippen LogP contribution in [0.5, 0.6) is 0 Å². The summed E-state index contributed by atoms with van der Waals surface area (Å²) in [6.07, 6.45) is 5.74. The highest BCUT2D eigenvalue weighted by molar-refractivity contribution is 6.05. The maximum Gasteiger partial charge on any atom is 0.327 e. The molecule has 1 saturated heterocycles. The number of oxazole rings is 1. The number of aromatic nitrogens is 3. The molecule has 6 rings (SSSR count). The van der Waals surface area contributed by atoms with Crippen LogP contribution in [-0.2, 0) is 0 Å². The van der Waals surface area contributed by atoms with E-state index >= 15 is 0 Å². The molecule has 1 atom stereocenters. The van der Waals surface area contributed by atoms with Crippen LogP contribution >= 0.6 is 0 Å². The predicted molar refractivity (Wildman–Crippen MR) is 126 cm³/mol. The summed E-state index contributed by atoms with van der Waals surface area (Å²) in [5.41, 5.74) is 5.27. The van der Waals surface area contributed by atoms with Crippen molar-refractivity contribution < 1.29 is 9.21 Å². The molecule has 0 saturated carbocycles. The molecule has 164 valence electrons. The van der Waals surface area contributed by atoms with Gasteiger partial charge in [-0.3, -0.25) is 9.88 Å². The zero-order valence-electron chi connectivity index (χ0n) is 18.1. The lowest BCUT2D eigenvalue weighted by molar-refractivity contribution is 0.255. The van der Waals surface area contributed by atoms with Crippen LogP contribution in [0.4, 0.5) is 22.0 Å². The van der Waals surface area contributed by atoms with Gasteiger partial charge in [0.15, 0.2) is 18.0 Å². The van der Waals surface area contributed by atoms with Crippen molar-refractivity contribution in [1.82, 2.24) is 15.0 Å². The van der Waals surface area contributed by atoms with Gasteiger partial charge in [0.25, 0.3) is 0 Å². The number of anilines is 3. The quantitative estimate of drug-likeness (QED) is 0.497. The zero-order chi connectivity index (χ0) is 22.4. The van der Waals surface area contributed by atoms with Crippen LogP contribution in [0.1, 0.15) is 12.1 Å². The first-order valence-electron chi connectivity index (χ1n) is 10.9. The number of nitrogens with one attached hydrogen (secondary N) is 1. The molecule has 0 aliphatic carbocycles. The lowest BCUT2D eigenvalue weighted by Crippen LogP contribution is -2.48. The monoisotopic (exact) mass is 438 g/mol. The Labute approximate surface area is 190 Å². The van der Waals surface area contributed by atoms with Gasteiger partial charge in [-0.1, -0.05) is 12.1 Å². The van der Waals surface area contributed by atoms with E-state index in [0.717, 1.165) is 47.7 Å². The number of carbonyl (C=O) groups excluding carboxylic acids is 1. The number of benzene rings is 1. The fraction of sp³-hybridized carbons (Fsp3) is 0.200. The van der Waals surface area contributed by atoms with E-state index in [1.165, 1.54) is 6.39 Å². The van der Waals surface area contributed by atoms with Gasteiger partial charge >= 0.3 is 6.03 Å². The lowest BCUT2D eigenvalue weighted by atomic mass is 10.1. The molecule has 4 aromatic rings. The summed E-state index contributed by atoms with van der Waals surface area (Å²) in [6.45, 7) is 3.69. The summed E-state index contributed by atoms with van der Waals surface area (Å²) in [5.74, 6) is 1.35. The highest BCUT2D eigenvalue weighted by Gasteiger charge is 2.40. The Morgan fingerprint density at radius 1 is 1.15 bits per heavy atom. The topological polar surface area (TPSA) is 87.4 Å². The van der Waals surface area contributed by atoms with Gasteiger partial charge in [0.05, 0.1) is 23.6 Å². The normalized spacial score (nSPS) is 16.6. The average molecular weight is 438 g/mol. The highest BCUT2D eigenvalue weighted by atomic mass is 16.3. The van der Waals surface area contributed by atoms with Crippen LogP contribution < -0.4 is 15.1 Å². The third kappa shape index (κ3) is 3.49. The Hall–Kier alpha value is -4.20. The predicted octanol–water partition coefficient (Wildman–Crippen LogP) is 4.74. The third-order valence-corrected chi connectivity index (χ3v) is 6.19. The SMILES string of the molecule is Cc1cc(-c2ccc3c(n2)N(C(=O)Nc2cccc(-c4cnco4)c2)[C@H]2CCN3C2)ccn1. The second-order valence-corrected chi connectivity index (χ2v) is 8.36. The van der Waals surface area contributed by atoms with E-state index in [0.29, 0.717) is 17.3 Å². The maximum atomic E-state index is 13.5. The summed E-state index contributed by atoms with van der Waals surface area (Å²) in [5, 5.41) is 3.06. The minimum Gasteiger partial charge on any atom is -0.444 e. The summed E-state index contributed by atoms with van der Waals surface area (Å²) < 4.78 is 5.39. The Balaban J connectivity index is 1.34. The van der Waals surface area contributed by atoms with Gasteiger partial charge in [0.1, 0.15) is 0 Å². The first kappa shape index (κ1) is 19.5. The van der Waals surface area contributed by atoms with E-state index in [1.807, 2.05) is 54.3 Å². The second kappa shape index (κ2) is 7.74. The largest absolute Gasteiger partial charge is 0.444 e. The van der Waals surface area contributed by atoms with Crippen LogP contribution in [-0.4, -0.2) is 40.1 Å². The first-order chi connectivity index (χ1) is 16.2. The number of pyridine rings is 2. The molecule has 5 heterocycles. The highest BCUT2D eigenvalue weighted by Crippen LogP contribution is 2.40. The minimum absolute atomic E-state index is 0.0804. The zero-order valence-corrected chi connectivity index (χ0v) is 18.1. The molecule has 8 nitrogen and oxygen atoms in total. The lowest BCUT2D eigenvalue weighted by Gasteiger charge is -2.36. The van der Waals surface area contributed by atoms with Crippen LogP contribution in [0.3, 0.4) is 0 Å². The van der Waals surface area contributed by atoms with Crippen molar-refractivity contribution in [3.8, 4) is 22.6 Å². The Morgan fingerprint density at radius 2 is 2.09 bits per heavy atom. The fourth-order valence-corrected chi connectivity index (χ4v) is 4.63. The van der Waals surface area contributed by atoms with E-state index in [2.05, 4.69) is 26.3 Å². The Morgan fingerprint density at radius 3 is 2.94 bits per heavy atom. The summed E-state index contributed by atoms with van der Waals surface area (Å²) >= 11 is 0. The summed E-state index contributed by atoms with van der Waals surface area (Å²) in [7, 11) is 0. The number of fused-ring (bicyclic) bond motifs is 4. The minimum atomic E-state index is -0.187. The van der Waals surface area contributed by atoms with Gasteiger partial charge in [-0.2, -0.15) is 0 Å². The molecule has 8 heteroatoms. The van der Waals surface area contributed by atoms with E-state index in [-0.39, 0.29) is 12.1 Å². The van der Waals surface area contributed by atoms with E-state index in [9.17, 15) is 4.79 Å². The standard InChI is InChI=1S/C25H22N6O2/c1-16-11-17(7-9-27-16)21-5-6-22-24(29-21)31(20-8-10-30(22)14-20)25(32)28-19-4-2-3-18(12-19)23-13-26-15-33-23/h2-7,9,11-13,15,20H,8,10,14H2,1H3,(H,28,32)/t20-/m0/s1. The second-order valence-electron chi connectivity index (χ2n) is 8.36. The number of urea groups is 1. The molecule has 2 aliphatic rings. The molecule has 0 unspecified atom stereocenters. The van der Waals surface area contributed by atoms with Crippen molar-refractivity contribution in [2.75, 3.05) is 28.2 Å². The van der Waals surface area contributed by atoms with Crippen molar-refractivity contribution in [1.29, 1.82) is 0 Å². The van der Waals surface area contributed by atoms with Crippen molar-refractivity contribution in [3.05, 3.63) is 73.0 Å². The van der Waals surface area contributed by atoms with Crippen molar-refractivity contribution in [2.45, 2.75) is 19.4 Å². The molecule has 1 fully saturated rings. The van der Waals surface area contributed by atoms with Crippen LogP contribution in [0.15, 0.2) is 71.7 Å². The number of rotatable bonds is 3. The number of hydrogen-bond donors (Lipinski definition) is 1. The molecule has 1 N–H and O–H groups in total. The number of hydrogen-bond acceptors (Lipinski definition) is 6. The van der Waals surface area contributed by atoms with Crippen LogP contribution in [0.25, 0.3) is 22.6 Å². The van der Waals surface area contributed by atoms with Crippen LogP contribution in [0, 0.1) is 6.92 Å². The number of carbonyl (C=O) groups is 1. The van der Waals surface area contributed by atoms with Crippen LogP contribution in [0.2, 0.25) is 0 Å². The molecule has 0 radical (unpaired) electrons. The summed E-state index contributed by atoms with van der Waals surface area (Å²) in [4.78, 5) is 30.8. The molecular formula is C25H22N6O2. The first-order valence-corrected chi connectivity index (χ1v) is 10.9. The van der Waals surface area contributed by atoms with Gasteiger partial charge in [0, 0.05) is 41.8 Å². The number of nitrogens with zero attached hydrogens (tertiary/aromatic N) is 5. The Kier molecular flexibility index (Phi) is 4.57. The van der Waals surface area contributed by atoms with Gasteiger partial charge in [-0.15, -0.1) is 0 Å². The van der Waals surface area contributed by atoms with E-state index < -0.39 is 0 Å². The summed E-state index contributed by atoms with van der Waals surface area (Å²) in [6, 6.07) is 15.5. The van der Waals surface area contributed by atoms with Gasteiger partial charge in [-0.25, -0.2) is 14.8 Å². The van der Waals surface area contributed by atoms with E-state index in [1.54, 1.807) is 12.4 Å². The van der Waals surface area contributed by atoms with Gasteiger partial charge in [0.2, 0.25) is 0 Å². The number of aryl methyl sites for hydroxylation is 1. The van der Waals surface area contributed by atoms with Crippen molar-refractivity contribution >= 4 is 23.2 Å². The van der Waals surface area contributed by atoms with Crippen molar-refractivity contribution in [2.24, 2.45) is 0 Å². The fourth-order valence-electron chi connectivity index (χ4n) is 4.63. The van der Waals surface area contributed by atoms with E-state index in [4.69, 9.17) is 9.40 Å². The molecule has 33 heavy (non-hydrogen) atoms. The molecule has 2 aliphatic heterocycles. The maximum absolute atomic E-state index is 13.5. The number of amides is 2. The van der Waals surface area contributed by atoms with Crippen molar-refractivity contribution in [3.63, 3.8) is 0 Å².